The van der Waals surface area contributed by atoms with Crippen LogP contribution in [0.2, 0.25) is 0 Å². The van der Waals surface area contributed by atoms with Gasteiger partial charge in [0.2, 0.25) is 6.79 Å². The Hall–Kier alpha value is -2.76. The number of benzene rings is 1. The highest BCUT2D eigenvalue weighted by Crippen LogP contribution is 2.34. The maximum absolute atomic E-state index is 12.0. The number of nitrogens with zero attached hydrogens (tertiary/aromatic N) is 1. The number of aromatic nitrogens is 1. The van der Waals surface area contributed by atoms with Crippen LogP contribution in [0, 0.1) is 0 Å². The first kappa shape index (κ1) is 11.3. The van der Waals surface area contributed by atoms with E-state index in [4.69, 9.17) is 9.47 Å². The minimum absolute atomic E-state index is 0.160. The average molecular weight is 258 g/mol. The Morgan fingerprint density at radius 2 is 2.11 bits per heavy atom. The zero-order valence-electron chi connectivity index (χ0n) is 9.79. The minimum atomic E-state index is -0.418. The van der Waals surface area contributed by atoms with Gasteiger partial charge in [0.25, 0.3) is 5.91 Å². The van der Waals surface area contributed by atoms with E-state index in [1.807, 2.05) is 0 Å². The van der Waals surface area contributed by atoms with Crippen LogP contribution in [-0.4, -0.2) is 22.8 Å². The number of nitrogens with one attached hydrogen (secondary N) is 1. The molecule has 96 valence electrons. The summed E-state index contributed by atoms with van der Waals surface area (Å²) < 4.78 is 10.4. The summed E-state index contributed by atoms with van der Waals surface area (Å²) in [5, 5.41) is 12.2. The van der Waals surface area contributed by atoms with Crippen LogP contribution in [-0.2, 0) is 0 Å². The molecule has 6 heteroatoms. The van der Waals surface area contributed by atoms with Gasteiger partial charge < -0.3 is 19.9 Å². The van der Waals surface area contributed by atoms with Crippen LogP contribution in [0.1, 0.15) is 10.4 Å². The zero-order chi connectivity index (χ0) is 13.2. The molecule has 0 aliphatic carbocycles. The van der Waals surface area contributed by atoms with E-state index in [2.05, 4.69) is 10.3 Å². The van der Waals surface area contributed by atoms with Crippen LogP contribution >= 0.6 is 0 Å². The number of ether oxygens (including phenoxy) is 2. The molecule has 2 N–H and O–H groups in total. The van der Waals surface area contributed by atoms with E-state index >= 15 is 0 Å². The molecule has 19 heavy (non-hydrogen) atoms. The van der Waals surface area contributed by atoms with E-state index < -0.39 is 5.91 Å². The van der Waals surface area contributed by atoms with E-state index in [9.17, 15) is 9.90 Å². The molecule has 0 saturated carbocycles. The molecule has 1 aliphatic heterocycles. The first-order chi connectivity index (χ1) is 9.24. The maximum Gasteiger partial charge on any atom is 0.259 e. The third-order valence-electron chi connectivity index (χ3n) is 2.68. The van der Waals surface area contributed by atoms with Crippen molar-refractivity contribution in [3.63, 3.8) is 0 Å². The van der Waals surface area contributed by atoms with Crippen molar-refractivity contribution < 1.29 is 19.4 Å². The maximum atomic E-state index is 12.0. The number of rotatable bonds is 2. The molecule has 1 amide bonds. The Bertz CT molecular complexity index is 642. The number of carbonyl (C=O) groups excluding carboxylic acids is 1. The zero-order valence-corrected chi connectivity index (χ0v) is 9.79. The largest absolute Gasteiger partial charge is 0.505 e. The van der Waals surface area contributed by atoms with Gasteiger partial charge in [-0.1, -0.05) is 0 Å². The number of hydrogen-bond donors (Lipinski definition) is 2. The molecule has 0 spiro atoms. The van der Waals surface area contributed by atoms with Crippen molar-refractivity contribution in [2.24, 2.45) is 0 Å². The van der Waals surface area contributed by atoms with E-state index in [1.54, 1.807) is 18.2 Å². The molecule has 0 radical (unpaired) electrons. The first-order valence-corrected chi connectivity index (χ1v) is 5.58. The number of carbonyl (C=O) groups is 1. The molecule has 1 aromatic carbocycles. The van der Waals surface area contributed by atoms with Gasteiger partial charge >= 0.3 is 0 Å². The van der Waals surface area contributed by atoms with E-state index in [1.165, 1.54) is 18.5 Å². The lowest BCUT2D eigenvalue weighted by Gasteiger charge is -2.07. The second kappa shape index (κ2) is 4.49. The van der Waals surface area contributed by atoms with E-state index in [0.29, 0.717) is 17.2 Å². The Morgan fingerprint density at radius 3 is 2.95 bits per heavy atom. The van der Waals surface area contributed by atoms with Crippen LogP contribution in [0.25, 0.3) is 0 Å². The molecule has 1 aliphatic rings. The van der Waals surface area contributed by atoms with Crippen molar-refractivity contribution >= 4 is 11.6 Å². The first-order valence-electron chi connectivity index (χ1n) is 5.58. The molecular weight excluding hydrogens is 248 g/mol. The van der Waals surface area contributed by atoms with Crippen LogP contribution in [0.15, 0.2) is 36.7 Å². The summed E-state index contributed by atoms with van der Waals surface area (Å²) in [4.78, 5) is 15.7. The number of anilines is 1. The summed E-state index contributed by atoms with van der Waals surface area (Å²) in [7, 11) is 0. The van der Waals surface area contributed by atoms with Gasteiger partial charge in [0.05, 0.1) is 11.8 Å². The van der Waals surface area contributed by atoms with Crippen LogP contribution in [0.4, 0.5) is 5.69 Å². The quantitative estimate of drug-likeness (QED) is 0.858. The third kappa shape index (κ3) is 2.15. The highest BCUT2D eigenvalue weighted by molar-refractivity contribution is 6.06. The number of amides is 1. The second-order valence-electron chi connectivity index (χ2n) is 3.91. The molecule has 0 atom stereocenters. The number of fused-ring (bicyclic) bond motifs is 1. The van der Waals surface area contributed by atoms with Gasteiger partial charge in [-0.2, -0.15) is 0 Å². The second-order valence-corrected chi connectivity index (χ2v) is 3.91. The van der Waals surface area contributed by atoms with Gasteiger partial charge in [0, 0.05) is 18.0 Å². The highest BCUT2D eigenvalue weighted by atomic mass is 16.7. The van der Waals surface area contributed by atoms with Crippen molar-refractivity contribution in [1.82, 2.24) is 4.98 Å². The van der Waals surface area contributed by atoms with Gasteiger partial charge in [-0.05, 0) is 18.2 Å². The predicted octanol–water partition coefficient (Wildman–Crippen LogP) is 1.77. The molecule has 3 rings (SSSR count). The molecule has 6 nitrogen and oxygen atoms in total. The van der Waals surface area contributed by atoms with Gasteiger partial charge in [0.1, 0.15) is 5.75 Å². The van der Waals surface area contributed by atoms with Crippen molar-refractivity contribution in [1.29, 1.82) is 0 Å². The summed E-state index contributed by atoms with van der Waals surface area (Å²) in [6.07, 6.45) is 2.66. The Kier molecular flexibility index (Phi) is 2.68. The van der Waals surface area contributed by atoms with Crippen molar-refractivity contribution in [3.05, 3.63) is 42.2 Å². The molecule has 0 bridgehead atoms. The normalized spacial score (nSPS) is 12.2. The average Bonchev–Trinajstić information content (AvgIpc) is 2.86. The molecule has 0 fully saturated rings. The molecule has 2 heterocycles. The SMILES string of the molecule is O=C(Nc1ccc2c(c1)OCO2)c1ccncc1O. The van der Waals surface area contributed by atoms with Crippen LogP contribution in [0.5, 0.6) is 17.2 Å². The minimum Gasteiger partial charge on any atom is -0.505 e. The highest BCUT2D eigenvalue weighted by Gasteiger charge is 2.15. The van der Waals surface area contributed by atoms with Crippen molar-refractivity contribution in [2.45, 2.75) is 0 Å². The Morgan fingerprint density at radius 1 is 1.26 bits per heavy atom. The van der Waals surface area contributed by atoms with Gasteiger partial charge in [-0.15, -0.1) is 0 Å². The standard InChI is InChI=1S/C13H10N2O4/c16-10-6-14-4-3-9(10)13(17)15-8-1-2-11-12(5-8)19-7-18-11/h1-6,16H,7H2,(H,15,17). The molecule has 0 unspecified atom stereocenters. The number of pyridine rings is 1. The fourth-order valence-corrected chi connectivity index (χ4v) is 1.75. The fraction of sp³-hybridized carbons (Fsp3) is 0.0769. The smallest absolute Gasteiger partial charge is 0.259 e. The number of aromatic hydroxyl groups is 1. The number of hydrogen-bond acceptors (Lipinski definition) is 5. The Balaban J connectivity index is 1.82. The summed E-state index contributed by atoms with van der Waals surface area (Å²) in [6.45, 7) is 0.178. The molecular formula is C13H10N2O4. The Labute approximate surface area is 108 Å². The van der Waals surface area contributed by atoms with E-state index in [-0.39, 0.29) is 18.1 Å². The lowest BCUT2D eigenvalue weighted by molar-refractivity contribution is 0.102. The summed E-state index contributed by atoms with van der Waals surface area (Å²) in [5.41, 5.74) is 0.720. The van der Waals surface area contributed by atoms with Crippen molar-refractivity contribution in [2.75, 3.05) is 12.1 Å². The van der Waals surface area contributed by atoms with Crippen LogP contribution in [0.3, 0.4) is 0 Å². The molecule has 0 saturated heterocycles. The molecule has 2 aromatic rings. The lowest BCUT2D eigenvalue weighted by atomic mass is 10.2. The van der Waals surface area contributed by atoms with Crippen LogP contribution < -0.4 is 14.8 Å². The fourth-order valence-electron chi connectivity index (χ4n) is 1.75. The third-order valence-corrected chi connectivity index (χ3v) is 2.68. The summed E-state index contributed by atoms with van der Waals surface area (Å²) in [5.74, 6) is 0.640. The molecule has 1 aromatic heterocycles. The topological polar surface area (TPSA) is 80.7 Å². The van der Waals surface area contributed by atoms with Gasteiger partial charge in [0.15, 0.2) is 11.5 Å². The van der Waals surface area contributed by atoms with Crippen molar-refractivity contribution in [3.8, 4) is 17.2 Å². The predicted molar refractivity (Wildman–Crippen MR) is 66.4 cm³/mol. The van der Waals surface area contributed by atoms with E-state index in [0.717, 1.165) is 0 Å². The van der Waals surface area contributed by atoms with Gasteiger partial charge in [-0.25, -0.2) is 0 Å². The van der Waals surface area contributed by atoms with Gasteiger partial charge in [-0.3, -0.25) is 9.78 Å². The summed E-state index contributed by atoms with van der Waals surface area (Å²) in [6, 6.07) is 6.52. The monoisotopic (exact) mass is 258 g/mol. The summed E-state index contributed by atoms with van der Waals surface area (Å²) >= 11 is 0. The lowest BCUT2D eigenvalue weighted by Crippen LogP contribution is -2.12.